The highest BCUT2D eigenvalue weighted by Gasteiger charge is 2.12. The molecule has 0 spiro atoms. The number of aromatic nitrogens is 2. The highest BCUT2D eigenvalue weighted by molar-refractivity contribution is 6.32. The van der Waals surface area contributed by atoms with E-state index < -0.39 is 11.6 Å². The zero-order chi connectivity index (χ0) is 11.7. The van der Waals surface area contributed by atoms with Crippen LogP contribution in [-0.4, -0.2) is 9.78 Å². The molecule has 0 aliphatic carbocycles. The lowest BCUT2D eigenvalue weighted by molar-refractivity contribution is 0.535. The third-order valence-corrected chi connectivity index (χ3v) is 2.49. The van der Waals surface area contributed by atoms with Crippen LogP contribution in [-0.2, 0) is 6.54 Å². The lowest BCUT2D eigenvalue weighted by Crippen LogP contribution is -2.09. The van der Waals surface area contributed by atoms with Crippen molar-refractivity contribution in [3.05, 3.63) is 46.6 Å². The van der Waals surface area contributed by atoms with Crippen LogP contribution >= 0.6 is 11.6 Å². The van der Waals surface area contributed by atoms with Crippen molar-refractivity contribution in [3.8, 4) is 0 Å². The maximum Gasteiger partial charge on any atom is 0.140 e. The lowest BCUT2D eigenvalue weighted by atomic mass is 10.2. The van der Waals surface area contributed by atoms with Gasteiger partial charge in [-0.05, 0) is 12.1 Å². The molecule has 0 radical (unpaired) electrons. The van der Waals surface area contributed by atoms with Crippen molar-refractivity contribution >= 4 is 17.4 Å². The first-order chi connectivity index (χ1) is 7.59. The minimum atomic E-state index is -0.633. The van der Waals surface area contributed by atoms with Crippen LogP contribution in [0.15, 0.2) is 24.4 Å². The van der Waals surface area contributed by atoms with E-state index in [-0.39, 0.29) is 22.9 Å². The Kier molecular flexibility index (Phi) is 2.78. The third-order valence-electron chi connectivity index (χ3n) is 2.20. The van der Waals surface area contributed by atoms with Crippen LogP contribution in [0.4, 0.5) is 14.6 Å². The predicted molar refractivity (Wildman–Crippen MR) is 57.1 cm³/mol. The molecule has 0 saturated carbocycles. The van der Waals surface area contributed by atoms with Crippen LogP contribution in [0, 0.1) is 11.6 Å². The molecule has 84 valence electrons. The van der Waals surface area contributed by atoms with E-state index in [0.29, 0.717) is 0 Å². The summed E-state index contributed by atoms with van der Waals surface area (Å²) in [6, 6.07) is 3.66. The quantitative estimate of drug-likeness (QED) is 0.881. The minimum absolute atomic E-state index is 0.0863. The Bertz CT molecular complexity index is 505. The van der Waals surface area contributed by atoms with Gasteiger partial charge < -0.3 is 5.73 Å². The number of nitrogens with zero attached hydrogens (tertiary/aromatic N) is 2. The fourth-order valence-electron chi connectivity index (χ4n) is 1.33. The molecule has 1 aromatic carbocycles. The van der Waals surface area contributed by atoms with Crippen LogP contribution in [0.1, 0.15) is 5.56 Å². The van der Waals surface area contributed by atoms with Gasteiger partial charge in [-0.3, -0.25) is 0 Å². The molecular weight excluding hydrogens is 236 g/mol. The molecule has 0 amide bonds. The van der Waals surface area contributed by atoms with Gasteiger partial charge in [0.15, 0.2) is 0 Å². The fourth-order valence-corrected chi connectivity index (χ4v) is 1.47. The van der Waals surface area contributed by atoms with Gasteiger partial charge in [0.2, 0.25) is 0 Å². The standard InChI is InChI=1S/C10H8ClF2N3/c11-7-4-15-16(10(7)14)5-6-8(12)2-1-3-9(6)13/h1-4H,5,14H2. The van der Waals surface area contributed by atoms with Crippen molar-refractivity contribution in [3.63, 3.8) is 0 Å². The number of anilines is 1. The Hall–Kier alpha value is -1.62. The molecule has 2 N–H and O–H groups in total. The maximum atomic E-state index is 13.3. The van der Waals surface area contributed by atoms with Crippen molar-refractivity contribution in [2.75, 3.05) is 5.73 Å². The van der Waals surface area contributed by atoms with E-state index in [9.17, 15) is 8.78 Å². The molecule has 3 nitrogen and oxygen atoms in total. The second-order valence-electron chi connectivity index (χ2n) is 3.24. The van der Waals surface area contributed by atoms with Crippen LogP contribution in [0.3, 0.4) is 0 Å². The van der Waals surface area contributed by atoms with Gasteiger partial charge >= 0.3 is 0 Å². The number of nitrogens with two attached hydrogens (primary N) is 1. The van der Waals surface area contributed by atoms with E-state index in [0.717, 1.165) is 0 Å². The zero-order valence-corrected chi connectivity index (χ0v) is 8.88. The fraction of sp³-hybridized carbons (Fsp3) is 0.100. The predicted octanol–water partition coefficient (Wildman–Crippen LogP) is 2.45. The van der Waals surface area contributed by atoms with Gasteiger partial charge in [0, 0.05) is 5.56 Å². The molecule has 0 bridgehead atoms. The Morgan fingerprint density at radius 3 is 2.44 bits per heavy atom. The number of hydrogen-bond donors (Lipinski definition) is 1. The topological polar surface area (TPSA) is 43.8 Å². The van der Waals surface area contributed by atoms with Crippen LogP contribution in [0.2, 0.25) is 5.02 Å². The zero-order valence-electron chi connectivity index (χ0n) is 8.12. The molecular formula is C10H8ClF2N3. The maximum absolute atomic E-state index is 13.3. The summed E-state index contributed by atoms with van der Waals surface area (Å²) in [6.07, 6.45) is 1.33. The van der Waals surface area contributed by atoms with Gasteiger partial charge in [-0.25, -0.2) is 13.5 Å². The number of rotatable bonds is 2. The summed E-state index contributed by atoms with van der Waals surface area (Å²) in [4.78, 5) is 0. The molecule has 0 aliphatic rings. The Morgan fingerprint density at radius 2 is 1.94 bits per heavy atom. The molecule has 2 rings (SSSR count). The molecule has 0 atom stereocenters. The molecule has 6 heteroatoms. The molecule has 1 aromatic heterocycles. The molecule has 1 heterocycles. The summed E-state index contributed by atoms with van der Waals surface area (Å²) in [5, 5.41) is 4.08. The first kappa shape index (κ1) is 10.9. The van der Waals surface area contributed by atoms with Crippen molar-refractivity contribution in [1.82, 2.24) is 9.78 Å². The highest BCUT2D eigenvalue weighted by atomic mass is 35.5. The van der Waals surface area contributed by atoms with Gasteiger partial charge in [-0.1, -0.05) is 17.7 Å². The normalized spacial score (nSPS) is 10.7. The largest absolute Gasteiger partial charge is 0.383 e. The Labute approximate surface area is 95.4 Å². The third kappa shape index (κ3) is 1.86. The minimum Gasteiger partial charge on any atom is -0.383 e. The summed E-state index contributed by atoms with van der Waals surface area (Å²) in [7, 11) is 0. The monoisotopic (exact) mass is 243 g/mol. The van der Waals surface area contributed by atoms with Crippen molar-refractivity contribution in [2.24, 2.45) is 0 Å². The molecule has 0 aliphatic heterocycles. The summed E-state index contributed by atoms with van der Waals surface area (Å²) in [5.41, 5.74) is 5.49. The van der Waals surface area contributed by atoms with E-state index in [2.05, 4.69) is 5.10 Å². The summed E-state index contributed by atoms with van der Waals surface area (Å²) < 4.78 is 27.9. The Morgan fingerprint density at radius 1 is 1.31 bits per heavy atom. The van der Waals surface area contributed by atoms with Gasteiger partial charge in [0.25, 0.3) is 0 Å². The SMILES string of the molecule is Nc1c(Cl)cnn1Cc1c(F)cccc1F. The highest BCUT2D eigenvalue weighted by Crippen LogP contribution is 2.20. The second-order valence-corrected chi connectivity index (χ2v) is 3.64. The summed E-state index contributed by atoms with van der Waals surface area (Å²) in [5.74, 6) is -1.08. The first-order valence-corrected chi connectivity index (χ1v) is 4.87. The molecule has 2 aromatic rings. The number of halogens is 3. The van der Waals surface area contributed by atoms with Gasteiger partial charge in [-0.2, -0.15) is 5.10 Å². The van der Waals surface area contributed by atoms with Crippen LogP contribution in [0.5, 0.6) is 0 Å². The average Bonchev–Trinajstić information content (AvgIpc) is 2.55. The van der Waals surface area contributed by atoms with Crippen LogP contribution in [0.25, 0.3) is 0 Å². The van der Waals surface area contributed by atoms with Gasteiger partial charge in [0.05, 0.1) is 12.7 Å². The molecule has 0 saturated heterocycles. The number of hydrogen-bond acceptors (Lipinski definition) is 2. The van der Waals surface area contributed by atoms with Crippen LogP contribution < -0.4 is 5.73 Å². The van der Waals surface area contributed by atoms with Crippen molar-refractivity contribution in [1.29, 1.82) is 0 Å². The van der Waals surface area contributed by atoms with E-state index >= 15 is 0 Å². The average molecular weight is 244 g/mol. The molecule has 16 heavy (non-hydrogen) atoms. The van der Waals surface area contributed by atoms with E-state index in [1.165, 1.54) is 29.1 Å². The Balaban J connectivity index is 2.38. The van der Waals surface area contributed by atoms with Gasteiger partial charge in [-0.15, -0.1) is 0 Å². The smallest absolute Gasteiger partial charge is 0.140 e. The first-order valence-electron chi connectivity index (χ1n) is 4.49. The molecule has 0 unspecified atom stereocenters. The second kappa shape index (κ2) is 4.09. The van der Waals surface area contributed by atoms with Gasteiger partial charge in [0.1, 0.15) is 22.5 Å². The summed E-state index contributed by atoms with van der Waals surface area (Å²) in [6.45, 7) is -0.0863. The van der Waals surface area contributed by atoms with E-state index in [4.69, 9.17) is 17.3 Å². The van der Waals surface area contributed by atoms with Crippen molar-refractivity contribution in [2.45, 2.75) is 6.54 Å². The van der Waals surface area contributed by atoms with E-state index in [1.54, 1.807) is 0 Å². The number of nitrogen functional groups attached to an aromatic ring is 1. The van der Waals surface area contributed by atoms with E-state index in [1.807, 2.05) is 0 Å². The number of benzene rings is 1. The lowest BCUT2D eigenvalue weighted by Gasteiger charge is -2.06. The molecule has 0 fully saturated rings. The summed E-state index contributed by atoms with van der Waals surface area (Å²) >= 11 is 5.68. The van der Waals surface area contributed by atoms with Crippen molar-refractivity contribution < 1.29 is 8.78 Å².